The lowest BCUT2D eigenvalue weighted by Gasteiger charge is -2.19. The van der Waals surface area contributed by atoms with Crippen LogP contribution in [-0.4, -0.2) is 5.78 Å². The van der Waals surface area contributed by atoms with Crippen molar-refractivity contribution in [2.24, 2.45) is 11.3 Å². The van der Waals surface area contributed by atoms with E-state index in [1.165, 1.54) is 0 Å². The molecule has 0 saturated heterocycles. The number of fused-ring (bicyclic) bond motifs is 1. The molecule has 0 aromatic carbocycles. The van der Waals surface area contributed by atoms with E-state index in [1.807, 2.05) is 0 Å². The highest BCUT2D eigenvalue weighted by atomic mass is 16.1. The summed E-state index contributed by atoms with van der Waals surface area (Å²) in [6, 6.07) is 2.19. The molecule has 0 bridgehead atoms. The summed E-state index contributed by atoms with van der Waals surface area (Å²) < 4.78 is 0. The zero-order chi connectivity index (χ0) is 8.77. The number of allylic oxidation sites excluding steroid dienone is 1. The lowest BCUT2D eigenvalue weighted by Crippen LogP contribution is -2.27. The summed E-state index contributed by atoms with van der Waals surface area (Å²) in [5.74, 6) is 0.389. The van der Waals surface area contributed by atoms with Crippen LogP contribution >= 0.6 is 0 Å². The number of carbonyl (C=O) groups excluding carboxylic acids is 1. The average molecular weight is 161 g/mol. The molecule has 2 unspecified atom stereocenters. The molecular formula is C10H11NO. The number of Topliss-reactive ketones (excluding diaryl/α,β-unsaturated/α-hetero) is 1. The normalized spacial score (nSPS) is 39.8. The van der Waals surface area contributed by atoms with Gasteiger partial charge in [-0.15, -0.1) is 0 Å². The molecule has 0 aromatic heterocycles. The van der Waals surface area contributed by atoms with Crippen molar-refractivity contribution in [3.8, 4) is 6.07 Å². The molecule has 62 valence electrons. The fourth-order valence-electron chi connectivity index (χ4n) is 2.57. The molecule has 2 atom stereocenters. The molecule has 0 spiro atoms. The van der Waals surface area contributed by atoms with E-state index in [2.05, 4.69) is 12.6 Å². The largest absolute Gasteiger partial charge is 0.298 e. The molecular weight excluding hydrogens is 150 g/mol. The van der Waals surface area contributed by atoms with Crippen LogP contribution in [0.3, 0.4) is 0 Å². The van der Waals surface area contributed by atoms with Gasteiger partial charge in [0.05, 0.1) is 6.07 Å². The molecule has 2 rings (SSSR count). The molecule has 0 aliphatic heterocycles. The molecule has 0 heterocycles. The smallest absolute Gasteiger partial charge is 0.157 e. The first-order valence-corrected chi connectivity index (χ1v) is 4.34. The third-order valence-electron chi connectivity index (χ3n) is 3.30. The van der Waals surface area contributed by atoms with Crippen LogP contribution in [0.1, 0.15) is 25.7 Å². The highest BCUT2D eigenvalue weighted by molar-refractivity contribution is 5.93. The lowest BCUT2D eigenvalue weighted by atomic mass is 9.79. The number of rotatable bonds is 0. The summed E-state index contributed by atoms with van der Waals surface area (Å²) in [5.41, 5.74) is 0.0949. The maximum atomic E-state index is 11.5. The van der Waals surface area contributed by atoms with Gasteiger partial charge < -0.3 is 0 Å². The highest BCUT2D eigenvalue weighted by Gasteiger charge is 2.55. The van der Waals surface area contributed by atoms with Crippen molar-refractivity contribution in [3.05, 3.63) is 12.2 Å². The summed E-state index contributed by atoms with van der Waals surface area (Å²) >= 11 is 0. The Hall–Kier alpha value is -1.10. The van der Waals surface area contributed by atoms with Crippen LogP contribution < -0.4 is 0 Å². The second kappa shape index (κ2) is 2.20. The number of hydrogen-bond donors (Lipinski definition) is 0. The molecule has 2 aliphatic carbocycles. The van der Waals surface area contributed by atoms with E-state index < -0.39 is 5.41 Å². The molecule has 2 aliphatic rings. The molecule has 0 radical (unpaired) electrons. The Labute approximate surface area is 71.9 Å². The molecule has 2 heteroatoms. The van der Waals surface area contributed by atoms with Crippen molar-refractivity contribution in [3.63, 3.8) is 0 Å². The summed E-state index contributed by atoms with van der Waals surface area (Å²) in [4.78, 5) is 11.5. The Morgan fingerprint density at radius 1 is 1.50 bits per heavy atom. The maximum absolute atomic E-state index is 11.5. The van der Waals surface area contributed by atoms with Gasteiger partial charge in [0.15, 0.2) is 5.78 Å². The Balaban J connectivity index is 2.51. The number of nitrogens with zero attached hydrogens (tertiary/aromatic N) is 1. The molecule has 0 amide bonds. The second-order valence-electron chi connectivity index (χ2n) is 3.72. The van der Waals surface area contributed by atoms with Gasteiger partial charge in [-0.1, -0.05) is 6.58 Å². The second-order valence-corrected chi connectivity index (χ2v) is 3.72. The van der Waals surface area contributed by atoms with Gasteiger partial charge in [-0.05, 0) is 30.8 Å². The highest BCUT2D eigenvalue weighted by Crippen LogP contribution is 2.54. The van der Waals surface area contributed by atoms with E-state index in [0.717, 1.165) is 24.8 Å². The molecule has 2 nitrogen and oxygen atoms in total. The fourth-order valence-corrected chi connectivity index (χ4v) is 2.57. The van der Waals surface area contributed by atoms with Gasteiger partial charge in [-0.25, -0.2) is 0 Å². The van der Waals surface area contributed by atoms with E-state index in [1.54, 1.807) is 0 Å². The third kappa shape index (κ3) is 0.621. The van der Waals surface area contributed by atoms with Crippen molar-refractivity contribution in [2.45, 2.75) is 25.7 Å². The first-order valence-electron chi connectivity index (χ1n) is 4.34. The van der Waals surface area contributed by atoms with Crippen LogP contribution in [0, 0.1) is 22.7 Å². The number of hydrogen-bond acceptors (Lipinski definition) is 2. The molecule has 2 fully saturated rings. The van der Waals surface area contributed by atoms with Gasteiger partial charge in [-0.2, -0.15) is 5.26 Å². The van der Waals surface area contributed by atoms with Crippen molar-refractivity contribution in [1.29, 1.82) is 5.26 Å². The van der Waals surface area contributed by atoms with Crippen LogP contribution in [0.25, 0.3) is 0 Å². The maximum Gasteiger partial charge on any atom is 0.157 e. The van der Waals surface area contributed by atoms with E-state index in [4.69, 9.17) is 5.26 Å². The minimum absolute atomic E-state index is 0.109. The van der Waals surface area contributed by atoms with E-state index in [0.29, 0.717) is 6.42 Å². The van der Waals surface area contributed by atoms with Gasteiger partial charge in [0.2, 0.25) is 0 Å². The zero-order valence-corrected chi connectivity index (χ0v) is 6.97. The minimum atomic E-state index is -0.764. The van der Waals surface area contributed by atoms with Crippen molar-refractivity contribution >= 4 is 5.78 Å². The van der Waals surface area contributed by atoms with E-state index >= 15 is 0 Å². The van der Waals surface area contributed by atoms with Crippen LogP contribution in [0.15, 0.2) is 12.2 Å². The van der Waals surface area contributed by atoms with Crippen LogP contribution in [0.2, 0.25) is 0 Å². The SMILES string of the molecule is C=C1CCC2CCC(=O)C12C#N. The van der Waals surface area contributed by atoms with Gasteiger partial charge in [0.1, 0.15) is 5.41 Å². The molecule has 0 aromatic rings. The average Bonchev–Trinajstić information content (AvgIpc) is 2.54. The standard InChI is InChI=1S/C10H11NO/c1-7-2-3-8-4-5-9(12)10(7,8)6-11/h8H,1-5H2. The van der Waals surface area contributed by atoms with Crippen molar-refractivity contribution in [2.75, 3.05) is 0 Å². The van der Waals surface area contributed by atoms with E-state index in [9.17, 15) is 4.79 Å². The van der Waals surface area contributed by atoms with Crippen LogP contribution in [0.5, 0.6) is 0 Å². The van der Waals surface area contributed by atoms with Crippen LogP contribution in [-0.2, 0) is 4.79 Å². The number of carbonyl (C=O) groups is 1. The van der Waals surface area contributed by atoms with Crippen LogP contribution in [0.4, 0.5) is 0 Å². The molecule has 2 saturated carbocycles. The fraction of sp³-hybridized carbons (Fsp3) is 0.600. The first kappa shape index (κ1) is 7.54. The summed E-state index contributed by atoms with van der Waals surface area (Å²) in [6.07, 6.45) is 3.32. The summed E-state index contributed by atoms with van der Waals surface area (Å²) in [5, 5.41) is 9.04. The van der Waals surface area contributed by atoms with Gasteiger partial charge >= 0.3 is 0 Å². The van der Waals surface area contributed by atoms with Crippen molar-refractivity contribution in [1.82, 2.24) is 0 Å². The number of ketones is 1. The summed E-state index contributed by atoms with van der Waals surface area (Å²) in [6.45, 7) is 3.85. The lowest BCUT2D eigenvalue weighted by molar-refractivity contribution is -0.122. The monoisotopic (exact) mass is 161 g/mol. The van der Waals surface area contributed by atoms with Gasteiger partial charge in [0, 0.05) is 6.42 Å². The predicted molar refractivity (Wildman–Crippen MR) is 44.2 cm³/mol. The quantitative estimate of drug-likeness (QED) is 0.508. The Morgan fingerprint density at radius 3 is 2.75 bits per heavy atom. The Bertz CT molecular complexity index is 277. The summed E-state index contributed by atoms with van der Waals surface area (Å²) in [7, 11) is 0. The Kier molecular flexibility index (Phi) is 1.38. The van der Waals surface area contributed by atoms with E-state index in [-0.39, 0.29) is 11.7 Å². The Morgan fingerprint density at radius 2 is 2.17 bits per heavy atom. The zero-order valence-electron chi connectivity index (χ0n) is 6.97. The minimum Gasteiger partial charge on any atom is -0.298 e. The predicted octanol–water partition coefficient (Wildman–Crippen LogP) is 1.83. The first-order chi connectivity index (χ1) is 5.71. The van der Waals surface area contributed by atoms with Gasteiger partial charge in [0.25, 0.3) is 0 Å². The topological polar surface area (TPSA) is 40.9 Å². The third-order valence-corrected chi connectivity index (χ3v) is 3.30. The molecule has 0 N–H and O–H groups in total. The van der Waals surface area contributed by atoms with Gasteiger partial charge in [-0.3, -0.25) is 4.79 Å². The van der Waals surface area contributed by atoms with Crippen molar-refractivity contribution < 1.29 is 4.79 Å². The molecule has 12 heavy (non-hydrogen) atoms. The number of nitriles is 1.